The Morgan fingerprint density at radius 2 is 1.93 bits per heavy atom. The van der Waals surface area contributed by atoms with Crippen LogP contribution in [0.4, 0.5) is 4.39 Å². The molecule has 1 aromatic heterocycles. The topological polar surface area (TPSA) is 36.4 Å². The van der Waals surface area contributed by atoms with E-state index in [1.165, 1.54) is 6.07 Å². The summed E-state index contributed by atoms with van der Waals surface area (Å²) < 4.78 is 14.2. The molecule has 2 aromatic rings. The molecule has 1 saturated heterocycles. The van der Waals surface area contributed by atoms with Gasteiger partial charge < -0.3 is 9.80 Å². The van der Waals surface area contributed by atoms with Crippen LogP contribution in [0.25, 0.3) is 0 Å². The lowest BCUT2D eigenvalue weighted by molar-refractivity contribution is -0.135. The summed E-state index contributed by atoms with van der Waals surface area (Å²) in [4.78, 5) is 21.5. The summed E-state index contributed by atoms with van der Waals surface area (Å²) in [6.45, 7) is 2.29. The first-order valence-corrected chi connectivity index (χ1v) is 9.75. The minimum Gasteiger partial charge on any atom is -0.335 e. The highest BCUT2D eigenvalue weighted by atomic mass is 19.1. The molecule has 1 aliphatic rings. The maximum absolute atomic E-state index is 14.2. The van der Waals surface area contributed by atoms with Gasteiger partial charge in [-0.25, -0.2) is 4.39 Å². The van der Waals surface area contributed by atoms with Crippen LogP contribution >= 0.6 is 0 Å². The maximum Gasteiger partial charge on any atom is 0.223 e. The second-order valence-electron chi connectivity index (χ2n) is 7.32. The van der Waals surface area contributed by atoms with Gasteiger partial charge in [0.15, 0.2) is 0 Å². The molecular formula is C22H28FN3O. The van der Waals surface area contributed by atoms with Crippen molar-refractivity contribution in [1.29, 1.82) is 0 Å². The molecule has 1 aromatic carbocycles. The maximum atomic E-state index is 14.2. The van der Waals surface area contributed by atoms with Crippen molar-refractivity contribution in [3.05, 3.63) is 65.7 Å². The van der Waals surface area contributed by atoms with Crippen molar-refractivity contribution in [3.63, 3.8) is 0 Å². The van der Waals surface area contributed by atoms with Crippen molar-refractivity contribution >= 4 is 5.91 Å². The van der Waals surface area contributed by atoms with Gasteiger partial charge in [-0.15, -0.1) is 0 Å². The van der Waals surface area contributed by atoms with Gasteiger partial charge in [-0.05, 0) is 64.0 Å². The monoisotopic (exact) mass is 369 g/mol. The van der Waals surface area contributed by atoms with Crippen LogP contribution < -0.4 is 0 Å². The number of carbonyl (C=O) groups is 1. The zero-order valence-corrected chi connectivity index (χ0v) is 16.0. The summed E-state index contributed by atoms with van der Waals surface area (Å²) in [5, 5.41) is 0. The number of hydrogen-bond acceptors (Lipinski definition) is 3. The van der Waals surface area contributed by atoms with Crippen molar-refractivity contribution in [2.75, 3.05) is 20.1 Å². The Kier molecular flexibility index (Phi) is 6.93. The number of aryl methyl sites for hydroxylation is 1. The van der Waals surface area contributed by atoms with E-state index in [-0.39, 0.29) is 17.8 Å². The minimum absolute atomic E-state index is 0.115. The highest BCUT2D eigenvalue weighted by Crippen LogP contribution is 2.21. The molecule has 1 fully saturated rings. The quantitative estimate of drug-likeness (QED) is 0.747. The number of pyridine rings is 1. The normalized spacial score (nSPS) is 15.6. The van der Waals surface area contributed by atoms with Crippen LogP contribution in [0.3, 0.4) is 0 Å². The van der Waals surface area contributed by atoms with E-state index in [0.717, 1.165) is 44.5 Å². The zero-order valence-electron chi connectivity index (χ0n) is 16.0. The summed E-state index contributed by atoms with van der Waals surface area (Å²) in [7, 11) is 2.10. The van der Waals surface area contributed by atoms with Gasteiger partial charge in [0, 0.05) is 36.5 Å². The average molecular weight is 369 g/mol. The molecule has 1 amide bonds. The van der Waals surface area contributed by atoms with Gasteiger partial charge in [-0.3, -0.25) is 9.78 Å². The molecule has 2 heterocycles. The van der Waals surface area contributed by atoms with E-state index in [4.69, 9.17) is 0 Å². The molecule has 27 heavy (non-hydrogen) atoms. The third-order valence-electron chi connectivity index (χ3n) is 5.30. The fraction of sp³-hybridized carbons (Fsp3) is 0.455. The van der Waals surface area contributed by atoms with Crippen LogP contribution in [0.5, 0.6) is 0 Å². The summed E-state index contributed by atoms with van der Waals surface area (Å²) in [5.41, 5.74) is 1.60. The van der Waals surface area contributed by atoms with Gasteiger partial charge in [0.1, 0.15) is 5.82 Å². The van der Waals surface area contributed by atoms with Gasteiger partial charge >= 0.3 is 0 Å². The van der Waals surface area contributed by atoms with Crippen LogP contribution in [-0.4, -0.2) is 46.9 Å². The number of aromatic nitrogens is 1. The molecule has 0 atom stereocenters. The van der Waals surface area contributed by atoms with E-state index in [1.807, 2.05) is 29.2 Å². The molecule has 0 saturated carbocycles. The van der Waals surface area contributed by atoms with Crippen molar-refractivity contribution < 1.29 is 9.18 Å². The predicted molar refractivity (Wildman–Crippen MR) is 105 cm³/mol. The lowest BCUT2D eigenvalue weighted by atomic mass is 10.0. The van der Waals surface area contributed by atoms with Gasteiger partial charge in [-0.1, -0.05) is 24.3 Å². The summed E-state index contributed by atoms with van der Waals surface area (Å²) >= 11 is 0. The predicted octanol–water partition coefficient (Wildman–Crippen LogP) is 3.67. The number of benzene rings is 1. The molecule has 3 rings (SSSR count). The number of rotatable bonds is 7. The lowest BCUT2D eigenvalue weighted by Crippen LogP contribution is -2.46. The summed E-state index contributed by atoms with van der Waals surface area (Å²) in [6.07, 6.45) is 5.68. The van der Waals surface area contributed by atoms with E-state index in [0.29, 0.717) is 18.5 Å². The van der Waals surface area contributed by atoms with Gasteiger partial charge in [0.05, 0.1) is 0 Å². The fourth-order valence-corrected chi connectivity index (χ4v) is 3.65. The Balaban J connectivity index is 1.64. The fourth-order valence-electron chi connectivity index (χ4n) is 3.65. The first-order valence-electron chi connectivity index (χ1n) is 9.75. The van der Waals surface area contributed by atoms with Crippen molar-refractivity contribution in [3.8, 4) is 0 Å². The van der Waals surface area contributed by atoms with Crippen LogP contribution in [0, 0.1) is 5.82 Å². The third-order valence-corrected chi connectivity index (χ3v) is 5.30. The van der Waals surface area contributed by atoms with Gasteiger partial charge in [0.2, 0.25) is 5.91 Å². The second-order valence-corrected chi connectivity index (χ2v) is 7.32. The number of likely N-dealkylation sites (tertiary alicyclic amines) is 1. The third kappa shape index (κ3) is 5.60. The SMILES string of the molecule is CN1CCC(N(Cc2ccccc2F)C(=O)CCCc2ccccn2)CC1. The van der Waals surface area contributed by atoms with E-state index in [1.54, 1.807) is 18.3 Å². The van der Waals surface area contributed by atoms with E-state index in [2.05, 4.69) is 16.9 Å². The van der Waals surface area contributed by atoms with E-state index in [9.17, 15) is 9.18 Å². The number of carbonyl (C=O) groups excluding carboxylic acids is 1. The first kappa shape index (κ1) is 19.5. The highest BCUT2D eigenvalue weighted by molar-refractivity contribution is 5.76. The average Bonchev–Trinajstić information content (AvgIpc) is 2.69. The summed E-state index contributed by atoms with van der Waals surface area (Å²) in [6, 6.07) is 12.8. The minimum atomic E-state index is -0.239. The van der Waals surface area contributed by atoms with E-state index >= 15 is 0 Å². The van der Waals surface area contributed by atoms with Crippen LogP contribution in [0.1, 0.15) is 36.9 Å². The summed E-state index contributed by atoms with van der Waals surface area (Å²) in [5.74, 6) is -0.125. The molecule has 4 nitrogen and oxygen atoms in total. The van der Waals surface area contributed by atoms with Gasteiger partial charge in [-0.2, -0.15) is 0 Å². The number of hydrogen-bond donors (Lipinski definition) is 0. The molecule has 5 heteroatoms. The molecule has 0 radical (unpaired) electrons. The lowest BCUT2D eigenvalue weighted by Gasteiger charge is -2.37. The van der Waals surface area contributed by atoms with Crippen molar-refractivity contribution in [2.45, 2.75) is 44.7 Å². The number of amides is 1. The smallest absolute Gasteiger partial charge is 0.223 e. The Hall–Kier alpha value is -2.27. The largest absolute Gasteiger partial charge is 0.335 e. The Bertz CT molecular complexity index is 729. The van der Waals surface area contributed by atoms with Crippen LogP contribution in [0.2, 0.25) is 0 Å². The molecule has 0 bridgehead atoms. The van der Waals surface area contributed by atoms with E-state index < -0.39 is 0 Å². The van der Waals surface area contributed by atoms with Crippen molar-refractivity contribution in [2.24, 2.45) is 0 Å². The van der Waals surface area contributed by atoms with Crippen LogP contribution in [-0.2, 0) is 17.8 Å². The molecular weight excluding hydrogens is 341 g/mol. The zero-order chi connectivity index (χ0) is 19.1. The second kappa shape index (κ2) is 9.60. The number of halogens is 1. The Labute approximate surface area is 161 Å². The number of nitrogens with zero attached hydrogens (tertiary/aromatic N) is 3. The van der Waals surface area contributed by atoms with Crippen molar-refractivity contribution in [1.82, 2.24) is 14.8 Å². The molecule has 0 unspecified atom stereocenters. The highest BCUT2D eigenvalue weighted by Gasteiger charge is 2.27. The molecule has 144 valence electrons. The van der Waals surface area contributed by atoms with Gasteiger partial charge in [0.25, 0.3) is 0 Å². The molecule has 0 aliphatic carbocycles. The first-order chi connectivity index (χ1) is 13.1. The van der Waals surface area contributed by atoms with Crippen LogP contribution in [0.15, 0.2) is 48.7 Å². The Morgan fingerprint density at radius 1 is 1.19 bits per heavy atom. The standard InChI is InChI=1S/C22H28FN3O/c1-25-15-12-20(13-16-25)26(17-18-7-2-3-10-21(18)23)22(27)11-6-9-19-8-4-5-14-24-19/h2-5,7-8,10,14,20H,6,9,11-13,15-17H2,1H3. The Morgan fingerprint density at radius 3 is 2.63 bits per heavy atom. The molecule has 1 aliphatic heterocycles. The molecule has 0 N–H and O–H groups in total. The number of piperidine rings is 1. The molecule has 0 spiro atoms.